The molecule has 6 nitrogen and oxygen atoms in total. The number of Topliss-reactive ketones (excluding diaryl/α,β-unsaturated/α-hetero) is 1. The second-order valence-electron chi connectivity index (χ2n) is 7.06. The van der Waals surface area contributed by atoms with Gasteiger partial charge < -0.3 is 19.5 Å². The molecule has 1 heterocycles. The number of ketones is 1. The zero-order chi connectivity index (χ0) is 21.8. The Kier molecular flexibility index (Phi) is 6.52. The maximum absolute atomic E-state index is 14.7. The minimum Gasteiger partial charge on any atom is -0.507 e. The number of hydrogen-bond donors (Lipinski definition) is 1. The second-order valence-corrected chi connectivity index (χ2v) is 7.06. The SMILES string of the molecule is COCCCN1C(=O)C(=O)/C(=C(/O)c2cc(C)ccc2OC)C1c1ccccc1F. The lowest BCUT2D eigenvalue weighted by Crippen LogP contribution is -2.31. The second kappa shape index (κ2) is 9.09. The molecule has 2 aromatic rings. The lowest BCUT2D eigenvalue weighted by Gasteiger charge is -2.25. The summed E-state index contributed by atoms with van der Waals surface area (Å²) in [6.45, 7) is 2.38. The van der Waals surface area contributed by atoms with Crippen molar-refractivity contribution in [3.05, 3.63) is 70.5 Å². The molecule has 1 aliphatic heterocycles. The van der Waals surface area contributed by atoms with Gasteiger partial charge in [0, 0.05) is 25.8 Å². The van der Waals surface area contributed by atoms with Crippen LogP contribution in [0.5, 0.6) is 5.75 Å². The third kappa shape index (κ3) is 3.93. The molecule has 1 aliphatic rings. The van der Waals surface area contributed by atoms with E-state index >= 15 is 0 Å². The van der Waals surface area contributed by atoms with Crippen molar-refractivity contribution in [1.82, 2.24) is 4.90 Å². The number of ether oxygens (including phenoxy) is 2. The molecular formula is C23H24FNO5. The van der Waals surface area contributed by atoms with Crippen LogP contribution < -0.4 is 4.74 Å². The van der Waals surface area contributed by atoms with Crippen LogP contribution in [-0.2, 0) is 14.3 Å². The third-order valence-corrected chi connectivity index (χ3v) is 5.10. The maximum Gasteiger partial charge on any atom is 0.295 e. The molecule has 2 aromatic carbocycles. The van der Waals surface area contributed by atoms with Crippen molar-refractivity contribution in [3.8, 4) is 5.75 Å². The van der Waals surface area contributed by atoms with Crippen LogP contribution in [0.3, 0.4) is 0 Å². The molecule has 1 saturated heterocycles. The number of halogens is 1. The van der Waals surface area contributed by atoms with Crippen molar-refractivity contribution in [2.75, 3.05) is 27.4 Å². The zero-order valence-corrected chi connectivity index (χ0v) is 17.1. The molecular weight excluding hydrogens is 389 g/mol. The molecule has 3 rings (SSSR count). The molecule has 0 spiro atoms. The van der Waals surface area contributed by atoms with Crippen molar-refractivity contribution >= 4 is 17.4 Å². The molecule has 0 aromatic heterocycles. The Bertz CT molecular complexity index is 1000. The molecule has 1 fully saturated rings. The topological polar surface area (TPSA) is 76.1 Å². The van der Waals surface area contributed by atoms with Gasteiger partial charge in [-0.05, 0) is 31.5 Å². The fourth-order valence-electron chi connectivity index (χ4n) is 3.66. The summed E-state index contributed by atoms with van der Waals surface area (Å²) in [7, 11) is 2.98. The Morgan fingerprint density at radius 1 is 1.17 bits per heavy atom. The van der Waals surface area contributed by atoms with Crippen LogP contribution in [0.4, 0.5) is 4.39 Å². The standard InChI is InChI=1S/C23H24FNO5/c1-14-9-10-18(30-3)16(13-14)21(26)19-20(15-7-4-5-8-17(15)24)25(11-6-12-29-2)23(28)22(19)27/h4-5,7-10,13,20,26H,6,11-12H2,1-3H3/b21-19+. The summed E-state index contributed by atoms with van der Waals surface area (Å²) in [5, 5.41) is 11.1. The Labute approximate surface area is 174 Å². The molecule has 158 valence electrons. The normalized spacial score (nSPS) is 18.1. The number of rotatable bonds is 7. The molecule has 1 amide bonds. The van der Waals surface area contributed by atoms with Gasteiger partial charge in [-0.15, -0.1) is 0 Å². The van der Waals surface area contributed by atoms with Gasteiger partial charge in [-0.25, -0.2) is 4.39 Å². The van der Waals surface area contributed by atoms with Crippen molar-refractivity contribution in [3.63, 3.8) is 0 Å². The van der Waals surface area contributed by atoms with Crippen LogP contribution >= 0.6 is 0 Å². The third-order valence-electron chi connectivity index (χ3n) is 5.10. The van der Waals surface area contributed by atoms with Crippen molar-refractivity contribution in [1.29, 1.82) is 0 Å². The first kappa shape index (κ1) is 21.5. The first-order valence-corrected chi connectivity index (χ1v) is 9.57. The molecule has 1 unspecified atom stereocenters. The summed E-state index contributed by atoms with van der Waals surface area (Å²) in [5.41, 5.74) is 1.08. The van der Waals surface area contributed by atoms with Gasteiger partial charge in [0.15, 0.2) is 0 Å². The summed E-state index contributed by atoms with van der Waals surface area (Å²) < 4.78 is 25.1. The van der Waals surface area contributed by atoms with Crippen molar-refractivity contribution in [2.24, 2.45) is 0 Å². The van der Waals surface area contributed by atoms with Crippen molar-refractivity contribution in [2.45, 2.75) is 19.4 Å². The number of carbonyl (C=O) groups excluding carboxylic acids is 2. The average Bonchev–Trinajstić information content (AvgIpc) is 2.98. The largest absolute Gasteiger partial charge is 0.507 e. The minimum absolute atomic E-state index is 0.141. The monoisotopic (exact) mass is 413 g/mol. The predicted molar refractivity (Wildman–Crippen MR) is 110 cm³/mol. The van der Waals surface area contributed by atoms with E-state index in [0.717, 1.165) is 5.56 Å². The smallest absolute Gasteiger partial charge is 0.295 e. The van der Waals surface area contributed by atoms with Crippen LogP contribution in [-0.4, -0.2) is 49.1 Å². The van der Waals surface area contributed by atoms with Gasteiger partial charge in [0.1, 0.15) is 17.3 Å². The lowest BCUT2D eigenvalue weighted by molar-refractivity contribution is -0.140. The first-order chi connectivity index (χ1) is 14.4. The summed E-state index contributed by atoms with van der Waals surface area (Å²) in [6.07, 6.45) is 0.461. The number of carbonyl (C=O) groups is 2. The number of amides is 1. The quantitative estimate of drug-likeness (QED) is 0.325. The van der Waals surface area contributed by atoms with Crippen molar-refractivity contribution < 1.29 is 28.6 Å². The molecule has 0 aliphatic carbocycles. The van der Waals surface area contributed by atoms with Gasteiger partial charge in [-0.1, -0.05) is 29.8 Å². The van der Waals surface area contributed by atoms with Crippen LogP contribution in [0.25, 0.3) is 5.76 Å². The maximum atomic E-state index is 14.7. The van der Waals surface area contributed by atoms with E-state index in [1.807, 2.05) is 6.92 Å². The predicted octanol–water partition coefficient (Wildman–Crippen LogP) is 3.60. The number of nitrogens with zero attached hydrogens (tertiary/aromatic N) is 1. The number of benzene rings is 2. The molecule has 0 saturated carbocycles. The van der Waals surface area contributed by atoms with Gasteiger partial charge in [0.05, 0.1) is 24.3 Å². The Balaban J connectivity index is 2.21. The highest BCUT2D eigenvalue weighted by Crippen LogP contribution is 2.41. The first-order valence-electron chi connectivity index (χ1n) is 9.57. The fourth-order valence-corrected chi connectivity index (χ4v) is 3.66. The molecule has 0 radical (unpaired) electrons. The molecule has 1 atom stereocenters. The number of aliphatic hydroxyl groups is 1. The molecule has 1 N–H and O–H groups in total. The van der Waals surface area contributed by atoms with E-state index in [-0.39, 0.29) is 23.2 Å². The van der Waals surface area contributed by atoms with E-state index < -0.39 is 29.3 Å². The van der Waals surface area contributed by atoms with Gasteiger partial charge in [-0.2, -0.15) is 0 Å². The van der Waals surface area contributed by atoms with E-state index in [9.17, 15) is 19.1 Å². The Hall–Kier alpha value is -3.19. The Morgan fingerprint density at radius 3 is 2.57 bits per heavy atom. The van der Waals surface area contributed by atoms with Gasteiger partial charge >= 0.3 is 0 Å². The van der Waals surface area contributed by atoms with E-state index in [4.69, 9.17) is 9.47 Å². The van der Waals surface area contributed by atoms with Crippen LogP contribution in [0.15, 0.2) is 48.0 Å². The van der Waals surface area contributed by atoms with E-state index in [2.05, 4.69) is 0 Å². The molecule has 0 bridgehead atoms. The lowest BCUT2D eigenvalue weighted by atomic mass is 9.94. The van der Waals surface area contributed by atoms with E-state index in [1.165, 1.54) is 37.3 Å². The van der Waals surface area contributed by atoms with Crippen LogP contribution in [0, 0.1) is 12.7 Å². The summed E-state index contributed by atoms with van der Waals surface area (Å²) in [5.74, 6) is -2.26. The van der Waals surface area contributed by atoms with Gasteiger partial charge in [-0.3, -0.25) is 9.59 Å². The summed E-state index contributed by atoms with van der Waals surface area (Å²) >= 11 is 0. The summed E-state index contributed by atoms with van der Waals surface area (Å²) in [6, 6.07) is 10.00. The molecule has 30 heavy (non-hydrogen) atoms. The van der Waals surface area contributed by atoms with E-state index in [1.54, 1.807) is 24.3 Å². The zero-order valence-electron chi connectivity index (χ0n) is 17.1. The van der Waals surface area contributed by atoms with Gasteiger partial charge in [0.2, 0.25) is 0 Å². The van der Waals surface area contributed by atoms with Gasteiger partial charge in [0.25, 0.3) is 11.7 Å². The highest BCUT2D eigenvalue weighted by Gasteiger charge is 2.46. The minimum atomic E-state index is -1.05. The summed E-state index contributed by atoms with van der Waals surface area (Å²) in [4.78, 5) is 27.0. The highest BCUT2D eigenvalue weighted by atomic mass is 19.1. The van der Waals surface area contributed by atoms with Crippen LogP contribution in [0.1, 0.15) is 29.2 Å². The number of likely N-dealkylation sites (tertiary alicyclic amines) is 1. The Morgan fingerprint density at radius 2 is 1.90 bits per heavy atom. The molecule has 7 heteroatoms. The number of aliphatic hydroxyl groups excluding tert-OH is 1. The average molecular weight is 413 g/mol. The highest BCUT2D eigenvalue weighted by molar-refractivity contribution is 6.46. The number of aryl methyl sites for hydroxylation is 1. The van der Waals surface area contributed by atoms with Crippen LogP contribution in [0.2, 0.25) is 0 Å². The number of hydrogen-bond acceptors (Lipinski definition) is 5. The van der Waals surface area contributed by atoms with E-state index in [0.29, 0.717) is 18.8 Å². The number of methoxy groups -OCH3 is 2. The fraction of sp³-hybridized carbons (Fsp3) is 0.304.